The van der Waals surface area contributed by atoms with Gasteiger partial charge in [-0.1, -0.05) is 0 Å². The van der Waals surface area contributed by atoms with Crippen LogP contribution in [-0.4, -0.2) is 21.5 Å². The largest absolute Gasteiger partial charge is 0.312 e. The van der Waals surface area contributed by atoms with Crippen molar-refractivity contribution in [2.24, 2.45) is 0 Å². The Morgan fingerprint density at radius 1 is 1.22 bits per heavy atom. The normalized spacial score (nSPS) is 14.3. The van der Waals surface area contributed by atoms with Crippen LogP contribution in [0.25, 0.3) is 0 Å². The Labute approximate surface area is 107 Å². The van der Waals surface area contributed by atoms with Crippen molar-refractivity contribution in [2.75, 3.05) is 6.54 Å². The van der Waals surface area contributed by atoms with Crippen molar-refractivity contribution in [1.82, 2.24) is 20.3 Å². The van der Waals surface area contributed by atoms with Gasteiger partial charge in [-0.3, -0.25) is 4.98 Å². The maximum absolute atomic E-state index is 4.70. The Balaban J connectivity index is 1.91. The molecule has 0 bridgehead atoms. The van der Waals surface area contributed by atoms with E-state index in [0.29, 0.717) is 0 Å². The summed E-state index contributed by atoms with van der Waals surface area (Å²) < 4.78 is 0. The van der Waals surface area contributed by atoms with Crippen molar-refractivity contribution in [3.05, 3.63) is 52.9 Å². The maximum atomic E-state index is 4.70. The second-order valence-electron chi connectivity index (χ2n) is 4.61. The van der Waals surface area contributed by atoms with Crippen molar-refractivity contribution in [1.29, 1.82) is 0 Å². The molecule has 4 heteroatoms. The first-order valence-corrected chi connectivity index (χ1v) is 6.28. The molecule has 1 aliphatic rings. The number of aryl methyl sites for hydroxylation is 1. The van der Waals surface area contributed by atoms with Crippen LogP contribution < -0.4 is 5.32 Å². The summed E-state index contributed by atoms with van der Waals surface area (Å²) in [4.78, 5) is 13.3. The van der Waals surface area contributed by atoms with Gasteiger partial charge in [0.15, 0.2) is 0 Å². The fourth-order valence-electron chi connectivity index (χ4n) is 2.34. The highest BCUT2D eigenvalue weighted by atomic mass is 14.9. The number of hydrogen-bond donors (Lipinski definition) is 1. The molecule has 0 amide bonds. The lowest BCUT2D eigenvalue weighted by Gasteiger charge is -2.18. The lowest BCUT2D eigenvalue weighted by atomic mass is 10.1. The van der Waals surface area contributed by atoms with Crippen molar-refractivity contribution < 1.29 is 0 Å². The lowest BCUT2D eigenvalue weighted by Crippen LogP contribution is -2.26. The Morgan fingerprint density at radius 2 is 2.06 bits per heavy atom. The molecule has 0 saturated heterocycles. The molecular weight excluding hydrogens is 224 g/mol. The van der Waals surface area contributed by atoms with E-state index in [1.807, 2.05) is 24.5 Å². The smallest absolute Gasteiger partial charge is 0.133 e. The average Bonchev–Trinajstić information content (AvgIpc) is 2.40. The topological polar surface area (TPSA) is 50.7 Å². The van der Waals surface area contributed by atoms with Gasteiger partial charge in [0.1, 0.15) is 5.82 Å². The molecule has 0 aliphatic carbocycles. The Morgan fingerprint density at radius 3 is 2.89 bits per heavy atom. The molecule has 0 aromatic carbocycles. The van der Waals surface area contributed by atoms with Crippen LogP contribution >= 0.6 is 0 Å². The zero-order chi connectivity index (χ0) is 12.4. The van der Waals surface area contributed by atoms with Crippen molar-refractivity contribution >= 4 is 0 Å². The van der Waals surface area contributed by atoms with Crippen molar-refractivity contribution in [2.45, 2.75) is 26.3 Å². The number of pyridine rings is 1. The van der Waals surface area contributed by atoms with Crippen LogP contribution in [-0.2, 0) is 19.4 Å². The summed E-state index contributed by atoms with van der Waals surface area (Å²) in [6.45, 7) is 3.98. The van der Waals surface area contributed by atoms with E-state index < -0.39 is 0 Å². The number of nitrogens with zero attached hydrogens (tertiary/aromatic N) is 3. The highest BCUT2D eigenvalue weighted by Crippen LogP contribution is 2.16. The Kier molecular flexibility index (Phi) is 3.02. The monoisotopic (exact) mass is 240 g/mol. The second-order valence-corrected chi connectivity index (χ2v) is 4.61. The molecule has 0 fully saturated rings. The highest BCUT2D eigenvalue weighted by Gasteiger charge is 2.14. The van der Waals surface area contributed by atoms with Crippen molar-refractivity contribution in [3.63, 3.8) is 0 Å². The molecule has 2 aromatic rings. The number of aromatic nitrogens is 3. The van der Waals surface area contributed by atoms with E-state index in [1.54, 1.807) is 0 Å². The van der Waals surface area contributed by atoms with Gasteiger partial charge >= 0.3 is 0 Å². The summed E-state index contributed by atoms with van der Waals surface area (Å²) in [7, 11) is 0. The van der Waals surface area contributed by atoms with Gasteiger partial charge in [-0.2, -0.15) is 0 Å². The van der Waals surface area contributed by atoms with Gasteiger partial charge in [-0.15, -0.1) is 0 Å². The fraction of sp³-hybridized carbons (Fsp3) is 0.357. The van der Waals surface area contributed by atoms with Gasteiger partial charge in [0.25, 0.3) is 0 Å². The molecule has 2 aromatic heterocycles. The van der Waals surface area contributed by atoms with E-state index in [-0.39, 0.29) is 0 Å². The minimum absolute atomic E-state index is 0.782. The molecule has 4 nitrogen and oxygen atoms in total. The maximum Gasteiger partial charge on any atom is 0.133 e. The predicted molar refractivity (Wildman–Crippen MR) is 69.2 cm³/mol. The van der Waals surface area contributed by atoms with E-state index in [0.717, 1.165) is 37.4 Å². The number of rotatable bonds is 2. The van der Waals surface area contributed by atoms with Crippen LogP contribution in [0.3, 0.4) is 0 Å². The molecular formula is C14H16N4. The first-order chi connectivity index (χ1) is 8.83. The molecule has 0 saturated carbocycles. The summed E-state index contributed by atoms with van der Waals surface area (Å²) in [6.07, 6.45) is 5.40. The van der Waals surface area contributed by atoms with Crippen LogP contribution in [0, 0.1) is 6.92 Å². The molecule has 0 atom stereocenters. The number of fused-ring (bicyclic) bond motifs is 1. The third kappa shape index (κ3) is 2.24. The summed E-state index contributed by atoms with van der Waals surface area (Å²) in [5, 5.41) is 3.36. The van der Waals surface area contributed by atoms with E-state index in [1.165, 1.54) is 16.8 Å². The number of hydrogen-bond acceptors (Lipinski definition) is 4. The summed E-state index contributed by atoms with van der Waals surface area (Å²) in [5.41, 5.74) is 4.81. The Hall–Kier alpha value is -1.81. The SMILES string of the molecule is Cc1nc(Cc2ccncc2)nc2c1CNCC2. The molecule has 18 heavy (non-hydrogen) atoms. The van der Waals surface area contributed by atoms with E-state index in [2.05, 4.69) is 22.2 Å². The van der Waals surface area contributed by atoms with Crippen LogP contribution in [0.15, 0.2) is 24.5 Å². The average molecular weight is 240 g/mol. The summed E-state index contributed by atoms with van der Waals surface area (Å²) in [5.74, 6) is 0.916. The molecule has 92 valence electrons. The second kappa shape index (κ2) is 4.82. The quantitative estimate of drug-likeness (QED) is 0.862. The predicted octanol–water partition coefficient (Wildman–Crippen LogP) is 1.42. The first-order valence-electron chi connectivity index (χ1n) is 6.28. The number of nitrogens with one attached hydrogen (secondary N) is 1. The highest BCUT2D eigenvalue weighted by molar-refractivity contribution is 5.28. The molecule has 1 N–H and O–H groups in total. The standard InChI is InChI=1S/C14H16N4/c1-10-12-9-16-7-4-13(12)18-14(17-10)8-11-2-5-15-6-3-11/h2-3,5-6,16H,4,7-9H2,1H3. The summed E-state index contributed by atoms with van der Waals surface area (Å²) in [6, 6.07) is 4.03. The fourth-order valence-corrected chi connectivity index (χ4v) is 2.34. The summed E-state index contributed by atoms with van der Waals surface area (Å²) >= 11 is 0. The lowest BCUT2D eigenvalue weighted by molar-refractivity contribution is 0.615. The molecule has 0 radical (unpaired) electrons. The molecule has 1 aliphatic heterocycles. The van der Waals surface area contributed by atoms with Gasteiger partial charge in [0.05, 0.1) is 5.69 Å². The first kappa shape index (κ1) is 11.3. The van der Waals surface area contributed by atoms with Crippen LogP contribution in [0.2, 0.25) is 0 Å². The van der Waals surface area contributed by atoms with Crippen LogP contribution in [0.4, 0.5) is 0 Å². The van der Waals surface area contributed by atoms with Gasteiger partial charge < -0.3 is 5.32 Å². The van der Waals surface area contributed by atoms with Gasteiger partial charge in [-0.05, 0) is 24.6 Å². The van der Waals surface area contributed by atoms with Crippen LogP contribution in [0.1, 0.15) is 28.3 Å². The van der Waals surface area contributed by atoms with E-state index in [4.69, 9.17) is 4.98 Å². The van der Waals surface area contributed by atoms with Gasteiger partial charge in [-0.25, -0.2) is 9.97 Å². The molecule has 0 unspecified atom stereocenters. The van der Waals surface area contributed by atoms with E-state index in [9.17, 15) is 0 Å². The molecule has 3 rings (SSSR count). The zero-order valence-electron chi connectivity index (χ0n) is 10.5. The van der Waals surface area contributed by atoms with Crippen molar-refractivity contribution in [3.8, 4) is 0 Å². The molecule has 0 spiro atoms. The third-order valence-electron chi connectivity index (χ3n) is 3.30. The zero-order valence-corrected chi connectivity index (χ0v) is 10.5. The third-order valence-corrected chi connectivity index (χ3v) is 3.30. The van der Waals surface area contributed by atoms with Gasteiger partial charge in [0.2, 0.25) is 0 Å². The van der Waals surface area contributed by atoms with Gasteiger partial charge in [0, 0.05) is 49.6 Å². The van der Waals surface area contributed by atoms with E-state index >= 15 is 0 Å². The molecule has 3 heterocycles. The Bertz CT molecular complexity index is 551. The minimum atomic E-state index is 0.782. The van der Waals surface area contributed by atoms with Crippen LogP contribution in [0.5, 0.6) is 0 Å². The minimum Gasteiger partial charge on any atom is -0.312 e.